The molecule has 1 fully saturated rings. The Hall–Kier alpha value is 0.0949. The van der Waals surface area contributed by atoms with Gasteiger partial charge in [0.05, 0.1) is 24.8 Å². The molecule has 6 nitrogen and oxygen atoms in total. The second kappa shape index (κ2) is 4.08. The molecule has 0 bridgehead atoms. The summed E-state index contributed by atoms with van der Waals surface area (Å²) in [5.41, 5.74) is 0. The van der Waals surface area contributed by atoms with Gasteiger partial charge in [-0.05, 0) is 0 Å². The molecule has 0 spiro atoms. The van der Waals surface area contributed by atoms with Crippen molar-refractivity contribution >= 4 is 15.7 Å². The van der Waals surface area contributed by atoms with Gasteiger partial charge in [0.2, 0.25) is 0 Å². The molecule has 3 N–H and O–H groups in total. The molecule has 8 heteroatoms. The number of hydrogen-bond acceptors (Lipinski definition) is 4. The van der Waals surface area contributed by atoms with Crippen LogP contribution in [0.2, 0.25) is 0 Å². The van der Waals surface area contributed by atoms with Gasteiger partial charge in [-0.15, -0.1) is 0 Å². The van der Waals surface area contributed by atoms with Crippen molar-refractivity contribution in [2.75, 3.05) is 6.61 Å². The molecule has 0 amide bonds. The Labute approximate surface area is 76.5 Å². The lowest BCUT2D eigenvalue weighted by Crippen LogP contribution is -2.20. The van der Waals surface area contributed by atoms with E-state index in [9.17, 15) is 9.67 Å². The van der Waals surface area contributed by atoms with Crippen LogP contribution in [0.1, 0.15) is 6.42 Å². The second-order valence-electron chi connectivity index (χ2n) is 3.05. The van der Waals surface area contributed by atoms with Crippen LogP contribution in [0.5, 0.6) is 0 Å². The first-order valence-electron chi connectivity index (χ1n) is 3.92. The summed E-state index contributed by atoms with van der Waals surface area (Å²) in [5, 5.41) is 9.22. The maximum Gasteiger partial charge on any atom is 0.469 e. The zero-order valence-corrected chi connectivity index (χ0v) is 8.05. The number of phosphoric ester groups is 1. The second-order valence-corrected chi connectivity index (χ2v) is 4.29. The molecule has 1 rings (SSSR count). The lowest BCUT2D eigenvalue weighted by Gasteiger charge is -2.11. The van der Waals surface area contributed by atoms with Crippen LogP contribution in [0.15, 0.2) is 0 Å². The zero-order chi connectivity index (χ0) is 10.1. The zero-order valence-electron chi connectivity index (χ0n) is 7.16. The molecule has 0 saturated carbocycles. The van der Waals surface area contributed by atoms with E-state index >= 15 is 0 Å². The molecule has 1 saturated heterocycles. The fourth-order valence-electron chi connectivity index (χ4n) is 1.20. The van der Waals surface area contributed by atoms with Crippen molar-refractivity contribution in [3.8, 4) is 0 Å². The predicted molar refractivity (Wildman–Crippen MR) is 45.8 cm³/mol. The molecule has 0 aliphatic carbocycles. The fraction of sp³-hybridized carbons (Fsp3) is 1.00. The van der Waals surface area contributed by atoms with Crippen molar-refractivity contribution in [1.29, 1.82) is 0 Å². The summed E-state index contributed by atoms with van der Waals surface area (Å²) in [4.78, 5) is 16.8. The largest absolute Gasteiger partial charge is 0.469 e. The van der Waals surface area contributed by atoms with Gasteiger partial charge in [-0.3, -0.25) is 4.52 Å². The molecule has 76 valence electrons. The van der Waals surface area contributed by atoms with E-state index in [1.165, 1.54) is 0 Å². The van der Waals surface area contributed by atoms with Crippen molar-refractivity contribution < 1.29 is 28.7 Å². The van der Waals surface area contributed by atoms with Crippen LogP contribution in [0.4, 0.5) is 0 Å². The lowest BCUT2D eigenvalue weighted by molar-refractivity contribution is 0.0292. The lowest BCUT2D eigenvalue weighted by atomic mass is 9.95. The summed E-state index contributed by atoms with van der Waals surface area (Å²) >= 11 is 0. The third kappa shape index (κ3) is 3.76. The number of aliphatic hydroxyl groups excluding tert-OH is 1. The number of rotatable bonds is 3. The molecule has 3 atom stereocenters. The van der Waals surface area contributed by atoms with Crippen LogP contribution in [0, 0.1) is 0 Å². The van der Waals surface area contributed by atoms with Crippen molar-refractivity contribution in [2.24, 2.45) is 0 Å². The van der Waals surface area contributed by atoms with Crippen LogP contribution < -0.4 is 0 Å². The van der Waals surface area contributed by atoms with Crippen LogP contribution in [0.3, 0.4) is 0 Å². The van der Waals surface area contributed by atoms with Crippen LogP contribution in [0.25, 0.3) is 0 Å². The van der Waals surface area contributed by atoms with Gasteiger partial charge in [0, 0.05) is 6.42 Å². The molecule has 0 aromatic rings. The average molecular weight is 210 g/mol. The summed E-state index contributed by atoms with van der Waals surface area (Å²) in [6, 6.07) is -0.301. The molecular weight excluding hydrogens is 198 g/mol. The molecule has 1 aliphatic rings. The SMILES string of the molecule is B[C@@H]1O[C@H](COP(=O)(O)O)C[C@@H]1O. The Morgan fingerprint density at radius 1 is 1.62 bits per heavy atom. The Kier molecular flexibility index (Phi) is 3.51. The van der Waals surface area contributed by atoms with Crippen molar-refractivity contribution in [2.45, 2.75) is 24.6 Å². The van der Waals surface area contributed by atoms with Gasteiger partial charge < -0.3 is 19.6 Å². The summed E-state index contributed by atoms with van der Waals surface area (Å²) < 4.78 is 19.7. The van der Waals surface area contributed by atoms with E-state index in [1.54, 1.807) is 7.85 Å². The van der Waals surface area contributed by atoms with E-state index in [-0.39, 0.29) is 12.6 Å². The number of hydrogen-bond donors (Lipinski definition) is 3. The third-order valence-electron chi connectivity index (χ3n) is 1.88. The minimum atomic E-state index is -4.42. The Bertz CT molecular complexity index is 207. The van der Waals surface area contributed by atoms with Crippen molar-refractivity contribution in [3.05, 3.63) is 0 Å². The van der Waals surface area contributed by atoms with E-state index in [1.807, 2.05) is 0 Å². The van der Waals surface area contributed by atoms with Gasteiger partial charge in [-0.2, -0.15) is 0 Å². The molecule has 0 unspecified atom stereocenters. The van der Waals surface area contributed by atoms with E-state index in [4.69, 9.17) is 14.5 Å². The fourth-order valence-corrected chi connectivity index (χ4v) is 1.56. The first-order chi connectivity index (χ1) is 5.88. The topological polar surface area (TPSA) is 96.2 Å². The van der Waals surface area contributed by atoms with E-state index in [2.05, 4.69) is 4.52 Å². The summed E-state index contributed by atoms with van der Waals surface area (Å²) in [5.74, 6) is 0. The molecule has 0 aromatic heterocycles. The van der Waals surface area contributed by atoms with Gasteiger partial charge in [0.15, 0.2) is 0 Å². The van der Waals surface area contributed by atoms with Crippen LogP contribution in [-0.4, -0.2) is 47.6 Å². The van der Waals surface area contributed by atoms with Gasteiger partial charge in [-0.25, -0.2) is 4.57 Å². The average Bonchev–Trinajstić information content (AvgIpc) is 2.27. The minimum Gasteiger partial charge on any atom is -0.391 e. The molecule has 1 aliphatic heterocycles. The predicted octanol–water partition coefficient (Wildman–Crippen LogP) is -1.80. The normalized spacial score (nSPS) is 35.2. The Morgan fingerprint density at radius 3 is 2.62 bits per heavy atom. The highest BCUT2D eigenvalue weighted by Gasteiger charge is 2.31. The third-order valence-corrected chi connectivity index (χ3v) is 2.37. The Morgan fingerprint density at radius 2 is 2.23 bits per heavy atom. The van der Waals surface area contributed by atoms with E-state index in [0.717, 1.165) is 0 Å². The summed E-state index contributed by atoms with van der Waals surface area (Å²) in [7, 11) is -2.72. The first-order valence-corrected chi connectivity index (χ1v) is 5.45. The minimum absolute atomic E-state index is 0.189. The Balaban J connectivity index is 2.29. The maximum absolute atomic E-state index is 10.3. The highest BCUT2D eigenvalue weighted by atomic mass is 31.2. The molecule has 1 heterocycles. The number of aliphatic hydroxyl groups is 1. The maximum atomic E-state index is 10.3. The summed E-state index contributed by atoms with van der Waals surface area (Å²) in [6.45, 7) is -0.189. The first kappa shape index (κ1) is 11.2. The monoisotopic (exact) mass is 210 g/mol. The molecule has 13 heavy (non-hydrogen) atoms. The molecular formula is C5H12BO6P. The summed E-state index contributed by atoms with van der Waals surface area (Å²) in [6.07, 6.45) is -0.663. The van der Waals surface area contributed by atoms with Crippen LogP contribution in [-0.2, 0) is 13.8 Å². The standard InChI is InChI=1S/C5H12BO6P/c6-5-4(7)1-3(12-5)2-11-13(8,9)10/h3-5,7H,1-2,6H2,(H2,8,9,10)/t3-,4-,5+/m0/s1. The van der Waals surface area contributed by atoms with E-state index in [0.29, 0.717) is 6.42 Å². The number of phosphoric acid groups is 1. The quantitative estimate of drug-likeness (QED) is 0.375. The molecule has 0 aromatic carbocycles. The van der Waals surface area contributed by atoms with Crippen molar-refractivity contribution in [1.82, 2.24) is 0 Å². The highest BCUT2D eigenvalue weighted by Crippen LogP contribution is 2.36. The van der Waals surface area contributed by atoms with Crippen LogP contribution >= 0.6 is 7.82 Å². The number of ether oxygens (including phenoxy) is 1. The van der Waals surface area contributed by atoms with Gasteiger partial charge >= 0.3 is 7.82 Å². The van der Waals surface area contributed by atoms with Crippen molar-refractivity contribution in [3.63, 3.8) is 0 Å². The smallest absolute Gasteiger partial charge is 0.391 e. The van der Waals surface area contributed by atoms with Gasteiger partial charge in [0.1, 0.15) is 7.85 Å². The molecule has 0 radical (unpaired) electrons. The van der Waals surface area contributed by atoms with E-state index < -0.39 is 20.0 Å². The van der Waals surface area contributed by atoms with Gasteiger partial charge in [-0.1, -0.05) is 0 Å². The highest BCUT2D eigenvalue weighted by molar-refractivity contribution is 7.46. The van der Waals surface area contributed by atoms with Gasteiger partial charge in [0.25, 0.3) is 0 Å².